The van der Waals surface area contributed by atoms with Crippen LogP contribution in [0.25, 0.3) is 0 Å². The first-order chi connectivity index (χ1) is 7.84. The van der Waals surface area contributed by atoms with Gasteiger partial charge in [-0.15, -0.1) is 0 Å². The van der Waals surface area contributed by atoms with Gasteiger partial charge in [0.05, 0.1) is 18.6 Å². The quantitative estimate of drug-likeness (QED) is 0.778. The van der Waals surface area contributed by atoms with E-state index in [0.29, 0.717) is 6.54 Å². The molecule has 90 valence electrons. The predicted octanol–water partition coefficient (Wildman–Crippen LogP) is 2.31. The van der Waals surface area contributed by atoms with Gasteiger partial charge in [-0.1, -0.05) is 25.7 Å². The Morgan fingerprint density at radius 1 is 1.44 bits per heavy atom. The maximum Gasteiger partial charge on any atom is 0.0947 e. The van der Waals surface area contributed by atoms with Crippen LogP contribution in [0.5, 0.6) is 0 Å². The van der Waals surface area contributed by atoms with Crippen LogP contribution in [-0.4, -0.2) is 17.8 Å². The van der Waals surface area contributed by atoms with Crippen molar-refractivity contribution < 1.29 is 9.52 Å². The van der Waals surface area contributed by atoms with Crippen LogP contribution in [0.15, 0.2) is 23.0 Å². The number of hydrogen-bond acceptors (Lipinski definition) is 3. The van der Waals surface area contributed by atoms with E-state index in [2.05, 4.69) is 5.32 Å². The van der Waals surface area contributed by atoms with Crippen molar-refractivity contribution in [1.29, 1.82) is 0 Å². The van der Waals surface area contributed by atoms with Gasteiger partial charge in [0.1, 0.15) is 0 Å². The van der Waals surface area contributed by atoms with Crippen LogP contribution in [0.4, 0.5) is 0 Å². The predicted molar refractivity (Wildman–Crippen MR) is 63.0 cm³/mol. The zero-order valence-corrected chi connectivity index (χ0v) is 9.69. The summed E-state index contributed by atoms with van der Waals surface area (Å²) in [5.41, 5.74) is 1.13. The Balaban J connectivity index is 1.58. The maximum atomic E-state index is 9.85. The average Bonchev–Trinajstić information content (AvgIpc) is 2.90. The Kier molecular flexibility index (Phi) is 4.43. The number of hydrogen-bond donors (Lipinski definition) is 2. The van der Waals surface area contributed by atoms with E-state index in [0.717, 1.165) is 24.4 Å². The SMILES string of the molecule is OC(CNCc1ccoc1)CC1CCCC1. The third-order valence-corrected chi connectivity index (χ3v) is 3.37. The van der Waals surface area contributed by atoms with Gasteiger partial charge in [0, 0.05) is 18.7 Å². The monoisotopic (exact) mass is 223 g/mol. The van der Waals surface area contributed by atoms with E-state index in [1.54, 1.807) is 12.5 Å². The van der Waals surface area contributed by atoms with E-state index in [9.17, 15) is 5.11 Å². The number of furan rings is 1. The molecule has 0 spiro atoms. The molecule has 16 heavy (non-hydrogen) atoms. The molecule has 0 aromatic carbocycles. The van der Waals surface area contributed by atoms with Gasteiger partial charge < -0.3 is 14.8 Å². The van der Waals surface area contributed by atoms with Crippen molar-refractivity contribution in [2.24, 2.45) is 5.92 Å². The van der Waals surface area contributed by atoms with Crippen molar-refractivity contribution in [1.82, 2.24) is 5.32 Å². The van der Waals surface area contributed by atoms with Gasteiger partial charge in [-0.2, -0.15) is 0 Å². The standard InChI is InChI=1S/C13H21NO2/c15-13(7-11-3-1-2-4-11)9-14-8-12-5-6-16-10-12/h5-6,10-11,13-15H,1-4,7-9H2. The first kappa shape index (κ1) is 11.7. The Bertz CT molecular complexity index is 278. The molecule has 2 rings (SSSR count). The number of aliphatic hydroxyl groups excluding tert-OH is 1. The molecule has 0 amide bonds. The molecule has 1 fully saturated rings. The van der Waals surface area contributed by atoms with Crippen molar-refractivity contribution in [2.75, 3.05) is 6.54 Å². The minimum Gasteiger partial charge on any atom is -0.472 e. The molecule has 0 saturated heterocycles. The van der Waals surface area contributed by atoms with Crippen LogP contribution < -0.4 is 5.32 Å². The Hall–Kier alpha value is -0.800. The Morgan fingerprint density at radius 2 is 2.25 bits per heavy atom. The first-order valence-corrected chi connectivity index (χ1v) is 6.24. The lowest BCUT2D eigenvalue weighted by Gasteiger charge is -2.15. The zero-order chi connectivity index (χ0) is 11.2. The molecule has 1 aromatic rings. The summed E-state index contributed by atoms with van der Waals surface area (Å²) >= 11 is 0. The Morgan fingerprint density at radius 3 is 2.94 bits per heavy atom. The molecule has 1 saturated carbocycles. The molecular weight excluding hydrogens is 202 g/mol. The third kappa shape index (κ3) is 3.65. The van der Waals surface area contributed by atoms with Crippen LogP contribution in [0, 0.1) is 5.92 Å². The largest absolute Gasteiger partial charge is 0.472 e. The minimum atomic E-state index is -0.199. The maximum absolute atomic E-state index is 9.85. The molecule has 1 aliphatic carbocycles. The molecule has 0 aliphatic heterocycles. The highest BCUT2D eigenvalue weighted by atomic mass is 16.3. The van der Waals surface area contributed by atoms with Crippen molar-refractivity contribution in [3.8, 4) is 0 Å². The molecular formula is C13H21NO2. The fraction of sp³-hybridized carbons (Fsp3) is 0.692. The minimum absolute atomic E-state index is 0.199. The fourth-order valence-corrected chi connectivity index (χ4v) is 2.49. The molecule has 1 heterocycles. The van der Waals surface area contributed by atoms with Crippen molar-refractivity contribution in [3.63, 3.8) is 0 Å². The van der Waals surface area contributed by atoms with Gasteiger partial charge in [-0.25, -0.2) is 0 Å². The second-order valence-electron chi connectivity index (χ2n) is 4.80. The first-order valence-electron chi connectivity index (χ1n) is 6.24. The lowest BCUT2D eigenvalue weighted by atomic mass is 10.00. The second kappa shape index (κ2) is 6.06. The summed E-state index contributed by atoms with van der Waals surface area (Å²) in [4.78, 5) is 0. The summed E-state index contributed by atoms with van der Waals surface area (Å²) in [7, 11) is 0. The summed E-state index contributed by atoms with van der Waals surface area (Å²) < 4.78 is 4.98. The molecule has 2 N–H and O–H groups in total. The van der Waals surface area contributed by atoms with Crippen LogP contribution >= 0.6 is 0 Å². The lowest BCUT2D eigenvalue weighted by molar-refractivity contribution is 0.140. The fourth-order valence-electron chi connectivity index (χ4n) is 2.49. The summed E-state index contributed by atoms with van der Waals surface area (Å²) in [5, 5.41) is 13.1. The average molecular weight is 223 g/mol. The van der Waals surface area contributed by atoms with Crippen molar-refractivity contribution >= 4 is 0 Å². The van der Waals surface area contributed by atoms with E-state index >= 15 is 0 Å². The molecule has 0 radical (unpaired) electrons. The van der Waals surface area contributed by atoms with Gasteiger partial charge in [-0.05, 0) is 18.4 Å². The molecule has 1 unspecified atom stereocenters. The van der Waals surface area contributed by atoms with Gasteiger partial charge in [0.2, 0.25) is 0 Å². The second-order valence-corrected chi connectivity index (χ2v) is 4.80. The number of aliphatic hydroxyl groups is 1. The van der Waals surface area contributed by atoms with Crippen molar-refractivity contribution in [3.05, 3.63) is 24.2 Å². The van der Waals surface area contributed by atoms with Gasteiger partial charge in [0.25, 0.3) is 0 Å². The van der Waals surface area contributed by atoms with E-state index in [4.69, 9.17) is 4.42 Å². The number of nitrogens with one attached hydrogen (secondary N) is 1. The van der Waals surface area contributed by atoms with E-state index in [1.807, 2.05) is 6.07 Å². The van der Waals surface area contributed by atoms with Gasteiger partial charge >= 0.3 is 0 Å². The van der Waals surface area contributed by atoms with E-state index < -0.39 is 0 Å². The topological polar surface area (TPSA) is 45.4 Å². The third-order valence-electron chi connectivity index (χ3n) is 3.37. The van der Waals surface area contributed by atoms with E-state index in [1.165, 1.54) is 25.7 Å². The normalized spacial score (nSPS) is 19.1. The molecule has 3 nitrogen and oxygen atoms in total. The highest BCUT2D eigenvalue weighted by Crippen LogP contribution is 2.28. The van der Waals surface area contributed by atoms with Gasteiger partial charge in [0.15, 0.2) is 0 Å². The lowest BCUT2D eigenvalue weighted by Crippen LogP contribution is -2.27. The van der Waals surface area contributed by atoms with Crippen molar-refractivity contribution in [2.45, 2.75) is 44.8 Å². The number of rotatable bonds is 6. The zero-order valence-electron chi connectivity index (χ0n) is 9.69. The summed E-state index contributed by atoms with van der Waals surface area (Å²) in [6.45, 7) is 1.46. The molecule has 1 aromatic heterocycles. The summed E-state index contributed by atoms with van der Waals surface area (Å²) in [6, 6.07) is 1.94. The van der Waals surface area contributed by atoms with Gasteiger partial charge in [-0.3, -0.25) is 0 Å². The van der Waals surface area contributed by atoms with Crippen LogP contribution in [0.3, 0.4) is 0 Å². The summed E-state index contributed by atoms with van der Waals surface area (Å²) in [5.74, 6) is 0.755. The van der Waals surface area contributed by atoms with Crippen LogP contribution in [-0.2, 0) is 6.54 Å². The van der Waals surface area contributed by atoms with Crippen LogP contribution in [0.1, 0.15) is 37.7 Å². The molecule has 0 bridgehead atoms. The summed E-state index contributed by atoms with van der Waals surface area (Å²) in [6.07, 6.45) is 9.47. The smallest absolute Gasteiger partial charge is 0.0947 e. The Labute approximate surface area is 96.8 Å². The van der Waals surface area contributed by atoms with Crippen LogP contribution in [0.2, 0.25) is 0 Å². The highest BCUT2D eigenvalue weighted by molar-refractivity contribution is 5.04. The molecule has 3 heteroatoms. The molecule has 1 aliphatic rings. The highest BCUT2D eigenvalue weighted by Gasteiger charge is 2.18. The van der Waals surface area contributed by atoms with E-state index in [-0.39, 0.29) is 6.10 Å². The molecule has 1 atom stereocenters.